The predicted octanol–water partition coefficient (Wildman–Crippen LogP) is 3.55. The van der Waals surface area contributed by atoms with Gasteiger partial charge in [-0.3, -0.25) is 0 Å². The van der Waals surface area contributed by atoms with Crippen molar-refractivity contribution in [3.63, 3.8) is 0 Å². The average molecular weight is 310 g/mol. The third-order valence-corrected chi connectivity index (χ3v) is 3.67. The SMILES string of the molecule is CNC(Cc1ccoc1)c1cc(OC)ccc1Br. The van der Waals surface area contributed by atoms with Gasteiger partial charge in [-0.05, 0) is 48.9 Å². The van der Waals surface area contributed by atoms with Gasteiger partial charge >= 0.3 is 0 Å². The summed E-state index contributed by atoms with van der Waals surface area (Å²) in [5.41, 5.74) is 2.35. The van der Waals surface area contributed by atoms with E-state index in [1.54, 1.807) is 19.6 Å². The number of furan rings is 1. The van der Waals surface area contributed by atoms with Crippen LogP contribution in [0, 0.1) is 0 Å². The van der Waals surface area contributed by atoms with Gasteiger partial charge in [0.15, 0.2) is 0 Å². The molecule has 0 aliphatic carbocycles. The van der Waals surface area contributed by atoms with E-state index in [-0.39, 0.29) is 6.04 Å². The summed E-state index contributed by atoms with van der Waals surface area (Å²) < 4.78 is 11.5. The number of hydrogen-bond donors (Lipinski definition) is 1. The third-order valence-electron chi connectivity index (χ3n) is 2.95. The van der Waals surface area contributed by atoms with Gasteiger partial charge in [-0.1, -0.05) is 15.9 Å². The van der Waals surface area contributed by atoms with E-state index in [0.29, 0.717) is 0 Å². The van der Waals surface area contributed by atoms with Crippen LogP contribution in [-0.2, 0) is 6.42 Å². The van der Waals surface area contributed by atoms with E-state index in [1.807, 2.05) is 31.3 Å². The van der Waals surface area contributed by atoms with E-state index in [4.69, 9.17) is 9.15 Å². The number of nitrogens with one attached hydrogen (secondary N) is 1. The molecular weight excluding hydrogens is 294 g/mol. The van der Waals surface area contributed by atoms with Crippen molar-refractivity contribution >= 4 is 15.9 Å². The van der Waals surface area contributed by atoms with Crippen molar-refractivity contribution in [1.82, 2.24) is 5.32 Å². The molecule has 18 heavy (non-hydrogen) atoms. The van der Waals surface area contributed by atoms with E-state index in [1.165, 1.54) is 11.1 Å². The second-order valence-corrected chi connectivity index (χ2v) is 4.92. The van der Waals surface area contributed by atoms with Crippen LogP contribution in [0.15, 0.2) is 45.7 Å². The van der Waals surface area contributed by atoms with Gasteiger partial charge in [0.25, 0.3) is 0 Å². The van der Waals surface area contributed by atoms with E-state index in [0.717, 1.165) is 16.6 Å². The second kappa shape index (κ2) is 6.07. The largest absolute Gasteiger partial charge is 0.497 e. The minimum absolute atomic E-state index is 0.215. The van der Waals surface area contributed by atoms with Crippen LogP contribution in [0.25, 0.3) is 0 Å². The molecule has 0 fully saturated rings. The van der Waals surface area contributed by atoms with Crippen molar-refractivity contribution in [3.05, 3.63) is 52.4 Å². The smallest absolute Gasteiger partial charge is 0.119 e. The van der Waals surface area contributed by atoms with Crippen LogP contribution in [0.1, 0.15) is 17.2 Å². The molecule has 96 valence electrons. The van der Waals surface area contributed by atoms with Crippen molar-refractivity contribution in [2.24, 2.45) is 0 Å². The molecule has 0 aliphatic heterocycles. The molecule has 0 spiro atoms. The molecule has 0 bridgehead atoms. The highest BCUT2D eigenvalue weighted by Crippen LogP contribution is 2.29. The fraction of sp³-hybridized carbons (Fsp3) is 0.286. The Hall–Kier alpha value is -1.26. The van der Waals surface area contributed by atoms with Crippen LogP contribution < -0.4 is 10.1 Å². The normalized spacial score (nSPS) is 12.4. The summed E-state index contributed by atoms with van der Waals surface area (Å²) in [6.07, 6.45) is 4.35. The standard InChI is InChI=1S/C14H16BrNO2/c1-16-14(7-10-5-6-18-9-10)12-8-11(17-2)3-4-13(12)15/h3-6,8-9,14,16H,7H2,1-2H3. The van der Waals surface area contributed by atoms with E-state index >= 15 is 0 Å². The highest BCUT2D eigenvalue weighted by Gasteiger charge is 2.14. The predicted molar refractivity (Wildman–Crippen MR) is 74.9 cm³/mol. The zero-order chi connectivity index (χ0) is 13.0. The van der Waals surface area contributed by atoms with Gasteiger partial charge in [0, 0.05) is 10.5 Å². The van der Waals surface area contributed by atoms with Crippen LogP contribution in [0.2, 0.25) is 0 Å². The molecular formula is C14H16BrNO2. The lowest BCUT2D eigenvalue weighted by molar-refractivity contribution is 0.413. The molecule has 4 heteroatoms. The van der Waals surface area contributed by atoms with E-state index in [9.17, 15) is 0 Å². The number of benzene rings is 1. The molecule has 0 aliphatic rings. The van der Waals surface area contributed by atoms with Crippen LogP contribution in [0.4, 0.5) is 0 Å². The molecule has 3 nitrogen and oxygen atoms in total. The monoisotopic (exact) mass is 309 g/mol. The number of likely N-dealkylation sites (N-methyl/N-ethyl adjacent to an activating group) is 1. The lowest BCUT2D eigenvalue weighted by atomic mass is 10.0. The molecule has 1 atom stereocenters. The van der Waals surface area contributed by atoms with Crippen LogP contribution in [-0.4, -0.2) is 14.2 Å². The first-order valence-electron chi connectivity index (χ1n) is 5.76. The Kier molecular flexibility index (Phi) is 4.44. The Morgan fingerprint density at radius 2 is 2.22 bits per heavy atom. The minimum atomic E-state index is 0.215. The fourth-order valence-corrected chi connectivity index (χ4v) is 2.45. The van der Waals surface area contributed by atoms with Crippen LogP contribution >= 0.6 is 15.9 Å². The van der Waals surface area contributed by atoms with Gasteiger partial charge in [-0.2, -0.15) is 0 Å². The second-order valence-electron chi connectivity index (χ2n) is 4.06. The average Bonchev–Trinajstić information content (AvgIpc) is 2.90. The highest BCUT2D eigenvalue weighted by atomic mass is 79.9. The molecule has 0 amide bonds. The summed E-state index contributed by atoms with van der Waals surface area (Å²) in [5.74, 6) is 0.862. The van der Waals surface area contributed by atoms with Crippen molar-refractivity contribution in [1.29, 1.82) is 0 Å². The first kappa shape index (κ1) is 13.2. The Morgan fingerprint density at radius 3 is 2.83 bits per heavy atom. The van der Waals surface area contributed by atoms with Gasteiger partial charge in [0.2, 0.25) is 0 Å². The molecule has 2 aromatic rings. The molecule has 1 aromatic carbocycles. The van der Waals surface area contributed by atoms with Crippen molar-refractivity contribution in [2.75, 3.05) is 14.2 Å². The van der Waals surface area contributed by atoms with E-state index < -0.39 is 0 Å². The summed E-state index contributed by atoms with van der Waals surface area (Å²) in [7, 11) is 3.63. The number of hydrogen-bond acceptors (Lipinski definition) is 3. The minimum Gasteiger partial charge on any atom is -0.497 e. The molecule has 1 heterocycles. The van der Waals surface area contributed by atoms with Crippen molar-refractivity contribution < 1.29 is 9.15 Å². The molecule has 1 aromatic heterocycles. The number of ether oxygens (including phenoxy) is 1. The van der Waals surface area contributed by atoms with Gasteiger partial charge in [0.05, 0.1) is 19.6 Å². The number of halogens is 1. The summed E-state index contributed by atoms with van der Waals surface area (Å²) in [6, 6.07) is 8.20. The Labute approximate surface area is 115 Å². The Morgan fingerprint density at radius 1 is 1.39 bits per heavy atom. The Balaban J connectivity index is 2.26. The first-order chi connectivity index (χ1) is 8.74. The number of methoxy groups -OCH3 is 1. The topological polar surface area (TPSA) is 34.4 Å². The molecule has 0 radical (unpaired) electrons. The zero-order valence-electron chi connectivity index (χ0n) is 10.4. The lowest BCUT2D eigenvalue weighted by Gasteiger charge is -2.18. The Bertz CT molecular complexity index is 497. The quantitative estimate of drug-likeness (QED) is 0.917. The maximum atomic E-state index is 5.27. The van der Waals surface area contributed by atoms with Crippen LogP contribution in [0.5, 0.6) is 5.75 Å². The highest BCUT2D eigenvalue weighted by molar-refractivity contribution is 9.10. The summed E-state index contributed by atoms with van der Waals surface area (Å²) >= 11 is 3.59. The van der Waals surface area contributed by atoms with Crippen LogP contribution in [0.3, 0.4) is 0 Å². The molecule has 0 saturated carbocycles. The summed E-state index contributed by atoms with van der Waals surface area (Å²) in [4.78, 5) is 0. The first-order valence-corrected chi connectivity index (χ1v) is 6.55. The molecule has 1 N–H and O–H groups in total. The molecule has 1 unspecified atom stereocenters. The maximum absolute atomic E-state index is 5.27. The lowest BCUT2D eigenvalue weighted by Crippen LogP contribution is -2.19. The summed E-state index contributed by atoms with van der Waals surface area (Å²) in [6.45, 7) is 0. The fourth-order valence-electron chi connectivity index (χ4n) is 1.93. The van der Waals surface area contributed by atoms with Gasteiger partial charge < -0.3 is 14.5 Å². The van der Waals surface area contributed by atoms with Gasteiger partial charge in [-0.15, -0.1) is 0 Å². The summed E-state index contributed by atoms with van der Waals surface area (Å²) in [5, 5.41) is 3.32. The van der Waals surface area contributed by atoms with Crippen molar-refractivity contribution in [2.45, 2.75) is 12.5 Å². The van der Waals surface area contributed by atoms with E-state index in [2.05, 4.69) is 21.2 Å². The molecule has 0 saturated heterocycles. The maximum Gasteiger partial charge on any atom is 0.119 e. The van der Waals surface area contributed by atoms with Crippen molar-refractivity contribution in [3.8, 4) is 5.75 Å². The number of rotatable bonds is 5. The molecule has 2 rings (SSSR count). The van der Waals surface area contributed by atoms with Gasteiger partial charge in [-0.25, -0.2) is 0 Å². The zero-order valence-corrected chi connectivity index (χ0v) is 12.0. The van der Waals surface area contributed by atoms with Gasteiger partial charge in [0.1, 0.15) is 5.75 Å². The third kappa shape index (κ3) is 2.94.